The van der Waals surface area contributed by atoms with Gasteiger partial charge in [-0.3, -0.25) is 0 Å². The lowest BCUT2D eigenvalue weighted by molar-refractivity contribution is 1.38. The normalized spacial score (nSPS) is 11.3. The van der Waals surface area contributed by atoms with Gasteiger partial charge in [-0.1, -0.05) is 36.4 Å². The van der Waals surface area contributed by atoms with Gasteiger partial charge in [0.05, 0.1) is 5.69 Å². The van der Waals surface area contributed by atoms with Crippen molar-refractivity contribution >= 4 is 17.2 Å². The minimum atomic E-state index is 0.894. The summed E-state index contributed by atoms with van der Waals surface area (Å²) in [6.45, 7) is 4.04. The Morgan fingerprint density at radius 3 is 2.29 bits per heavy atom. The number of aliphatic imine (C=N–C) groups is 1. The Kier molecular flexibility index (Phi) is 3.55. The summed E-state index contributed by atoms with van der Waals surface area (Å²) < 4.78 is 0. The number of hydrogen-bond acceptors (Lipinski definition) is 1. The van der Waals surface area contributed by atoms with Gasteiger partial charge in [0.1, 0.15) is 5.84 Å². The van der Waals surface area contributed by atoms with Crippen LogP contribution in [0.15, 0.2) is 59.6 Å². The summed E-state index contributed by atoms with van der Waals surface area (Å²) in [7, 11) is 0. The van der Waals surface area contributed by atoms with E-state index >= 15 is 0 Å². The van der Waals surface area contributed by atoms with E-state index in [1.165, 1.54) is 5.56 Å². The lowest BCUT2D eigenvalue weighted by atomic mass is 10.2. The molecule has 1 N–H and O–H groups in total. The summed E-state index contributed by atoms with van der Waals surface area (Å²) in [5.74, 6) is 0.894. The Balaban J connectivity index is 2.16. The molecule has 0 bridgehead atoms. The molecule has 0 saturated heterocycles. The molecule has 2 nitrogen and oxygen atoms in total. The van der Waals surface area contributed by atoms with Crippen LogP contribution in [-0.2, 0) is 0 Å². The van der Waals surface area contributed by atoms with E-state index in [4.69, 9.17) is 0 Å². The first-order valence-electron chi connectivity index (χ1n) is 5.69. The van der Waals surface area contributed by atoms with E-state index < -0.39 is 0 Å². The molecule has 0 aliphatic rings. The van der Waals surface area contributed by atoms with Crippen molar-refractivity contribution in [1.29, 1.82) is 0 Å². The largest absolute Gasteiger partial charge is 0.344 e. The molecule has 0 aliphatic carbocycles. The van der Waals surface area contributed by atoms with E-state index in [0.29, 0.717) is 0 Å². The Labute approximate surface area is 102 Å². The number of aryl methyl sites for hydroxylation is 1. The second kappa shape index (κ2) is 5.30. The van der Waals surface area contributed by atoms with Crippen LogP contribution in [0.2, 0.25) is 0 Å². The smallest absolute Gasteiger partial charge is 0.103 e. The quantitative estimate of drug-likeness (QED) is 0.601. The van der Waals surface area contributed by atoms with Crippen LogP contribution in [0, 0.1) is 6.92 Å². The molecule has 0 saturated carbocycles. The fourth-order valence-electron chi connectivity index (χ4n) is 1.63. The number of benzene rings is 2. The van der Waals surface area contributed by atoms with Crippen molar-refractivity contribution < 1.29 is 0 Å². The third kappa shape index (κ3) is 3.18. The number of rotatable bonds is 2. The minimum absolute atomic E-state index is 0.894. The van der Waals surface area contributed by atoms with Crippen molar-refractivity contribution in [2.24, 2.45) is 4.99 Å². The van der Waals surface area contributed by atoms with Crippen molar-refractivity contribution in [2.75, 3.05) is 5.32 Å². The molecule has 0 aliphatic heterocycles. The highest BCUT2D eigenvalue weighted by Crippen LogP contribution is 2.17. The van der Waals surface area contributed by atoms with Crippen LogP contribution in [0.25, 0.3) is 0 Å². The second-order valence-corrected chi connectivity index (χ2v) is 3.97. The van der Waals surface area contributed by atoms with Crippen LogP contribution in [0.1, 0.15) is 12.5 Å². The lowest BCUT2D eigenvalue weighted by Crippen LogP contribution is -2.06. The van der Waals surface area contributed by atoms with E-state index in [1.807, 2.05) is 55.5 Å². The average molecular weight is 224 g/mol. The molecular weight excluding hydrogens is 208 g/mol. The summed E-state index contributed by atoms with van der Waals surface area (Å²) in [6.07, 6.45) is 0. The van der Waals surface area contributed by atoms with Gasteiger partial charge in [0.25, 0.3) is 0 Å². The molecule has 0 unspecified atom stereocenters. The van der Waals surface area contributed by atoms with E-state index in [-0.39, 0.29) is 0 Å². The van der Waals surface area contributed by atoms with E-state index in [9.17, 15) is 0 Å². The molecule has 0 radical (unpaired) electrons. The monoisotopic (exact) mass is 224 g/mol. The molecule has 0 atom stereocenters. The highest BCUT2D eigenvalue weighted by Gasteiger charge is 1.96. The Morgan fingerprint density at radius 1 is 0.941 bits per heavy atom. The maximum absolute atomic E-state index is 4.56. The summed E-state index contributed by atoms with van der Waals surface area (Å²) in [4.78, 5) is 4.56. The molecule has 0 aromatic heterocycles. The SMILES string of the molecule is CC(=Nc1ccccc1C)Nc1ccccc1. The zero-order valence-electron chi connectivity index (χ0n) is 10.1. The standard InChI is InChI=1S/C15H16N2/c1-12-8-6-7-11-15(12)17-13(2)16-14-9-4-3-5-10-14/h3-11H,1-2H3,(H,16,17). The molecule has 86 valence electrons. The number of nitrogens with zero attached hydrogens (tertiary/aromatic N) is 1. The molecule has 0 spiro atoms. The van der Waals surface area contributed by atoms with Gasteiger partial charge in [-0.05, 0) is 37.6 Å². The molecule has 2 aromatic carbocycles. The summed E-state index contributed by atoms with van der Waals surface area (Å²) in [5, 5.41) is 3.27. The fourth-order valence-corrected chi connectivity index (χ4v) is 1.63. The van der Waals surface area contributed by atoms with E-state index in [0.717, 1.165) is 17.2 Å². The van der Waals surface area contributed by atoms with Crippen LogP contribution in [-0.4, -0.2) is 5.84 Å². The zero-order valence-corrected chi connectivity index (χ0v) is 10.1. The maximum Gasteiger partial charge on any atom is 0.103 e. The van der Waals surface area contributed by atoms with Gasteiger partial charge in [0, 0.05) is 5.69 Å². The number of amidine groups is 1. The van der Waals surface area contributed by atoms with Crippen molar-refractivity contribution in [3.05, 3.63) is 60.2 Å². The van der Waals surface area contributed by atoms with Crippen molar-refractivity contribution in [3.63, 3.8) is 0 Å². The molecule has 2 rings (SSSR count). The van der Waals surface area contributed by atoms with Crippen LogP contribution in [0.5, 0.6) is 0 Å². The average Bonchev–Trinajstić information content (AvgIpc) is 2.33. The number of nitrogens with one attached hydrogen (secondary N) is 1. The Bertz CT molecular complexity index is 515. The lowest BCUT2D eigenvalue weighted by Gasteiger charge is -2.06. The van der Waals surface area contributed by atoms with Crippen LogP contribution >= 0.6 is 0 Å². The van der Waals surface area contributed by atoms with Crippen LogP contribution < -0.4 is 5.32 Å². The van der Waals surface area contributed by atoms with Gasteiger partial charge in [-0.25, -0.2) is 4.99 Å². The van der Waals surface area contributed by atoms with Gasteiger partial charge in [0.2, 0.25) is 0 Å². The van der Waals surface area contributed by atoms with Gasteiger partial charge >= 0.3 is 0 Å². The first kappa shape index (κ1) is 11.4. The fraction of sp³-hybridized carbons (Fsp3) is 0.133. The molecule has 0 fully saturated rings. The molecule has 0 heterocycles. The predicted molar refractivity (Wildman–Crippen MR) is 74.0 cm³/mol. The third-order valence-electron chi connectivity index (χ3n) is 2.50. The summed E-state index contributed by atoms with van der Waals surface area (Å²) in [6, 6.07) is 18.2. The summed E-state index contributed by atoms with van der Waals surface area (Å²) in [5.41, 5.74) is 3.25. The van der Waals surface area contributed by atoms with E-state index in [2.05, 4.69) is 23.3 Å². The van der Waals surface area contributed by atoms with Gasteiger partial charge in [-0.15, -0.1) is 0 Å². The van der Waals surface area contributed by atoms with Crippen molar-refractivity contribution in [3.8, 4) is 0 Å². The van der Waals surface area contributed by atoms with Crippen molar-refractivity contribution in [1.82, 2.24) is 0 Å². The first-order chi connectivity index (χ1) is 8.25. The van der Waals surface area contributed by atoms with Gasteiger partial charge in [-0.2, -0.15) is 0 Å². The third-order valence-corrected chi connectivity index (χ3v) is 2.50. The van der Waals surface area contributed by atoms with Crippen LogP contribution in [0.4, 0.5) is 11.4 Å². The second-order valence-electron chi connectivity index (χ2n) is 3.97. The number of para-hydroxylation sites is 2. The topological polar surface area (TPSA) is 24.4 Å². The highest BCUT2D eigenvalue weighted by atomic mass is 15.0. The zero-order chi connectivity index (χ0) is 12.1. The molecule has 2 heteroatoms. The Hall–Kier alpha value is -2.09. The number of hydrogen-bond donors (Lipinski definition) is 1. The predicted octanol–water partition coefficient (Wildman–Crippen LogP) is 4.16. The van der Waals surface area contributed by atoms with Crippen LogP contribution in [0.3, 0.4) is 0 Å². The molecular formula is C15H16N2. The maximum atomic E-state index is 4.56. The highest BCUT2D eigenvalue weighted by molar-refractivity contribution is 5.95. The minimum Gasteiger partial charge on any atom is -0.344 e. The van der Waals surface area contributed by atoms with E-state index in [1.54, 1.807) is 0 Å². The van der Waals surface area contributed by atoms with Gasteiger partial charge in [0.15, 0.2) is 0 Å². The molecule has 2 aromatic rings. The molecule has 0 amide bonds. The van der Waals surface area contributed by atoms with Crippen molar-refractivity contribution in [2.45, 2.75) is 13.8 Å². The first-order valence-corrected chi connectivity index (χ1v) is 5.69. The van der Waals surface area contributed by atoms with Gasteiger partial charge < -0.3 is 5.32 Å². The molecule has 17 heavy (non-hydrogen) atoms. The Morgan fingerprint density at radius 2 is 1.59 bits per heavy atom. The summed E-state index contributed by atoms with van der Waals surface area (Å²) >= 11 is 0. The number of anilines is 1.